The van der Waals surface area contributed by atoms with Crippen molar-refractivity contribution in [1.29, 1.82) is 0 Å². The molecule has 0 aliphatic carbocycles. The van der Waals surface area contributed by atoms with Crippen LogP contribution in [-0.4, -0.2) is 35.3 Å². The van der Waals surface area contributed by atoms with Gasteiger partial charge >= 0.3 is 0 Å². The molecule has 0 spiro atoms. The van der Waals surface area contributed by atoms with Crippen LogP contribution in [0.4, 0.5) is 10.8 Å². The number of piperidine rings is 1. The summed E-state index contributed by atoms with van der Waals surface area (Å²) in [6.07, 6.45) is 1.66. The van der Waals surface area contributed by atoms with Gasteiger partial charge in [0.05, 0.1) is 0 Å². The van der Waals surface area contributed by atoms with E-state index in [1.165, 1.54) is 18.5 Å². The Labute approximate surface area is 115 Å². The minimum Gasteiger partial charge on any atom is -0.382 e. The fourth-order valence-electron chi connectivity index (χ4n) is 2.26. The number of nitrogens with zero attached hydrogens (tertiary/aromatic N) is 2. The smallest absolute Gasteiger partial charge is 0.255 e. The average molecular weight is 283 g/mol. The summed E-state index contributed by atoms with van der Waals surface area (Å²) in [5, 5.41) is 3.63. The van der Waals surface area contributed by atoms with E-state index in [-0.39, 0.29) is 17.8 Å². The monoisotopic (exact) mass is 283 g/mol. The molecule has 0 radical (unpaired) electrons. The first-order valence-electron chi connectivity index (χ1n) is 6.06. The molecule has 1 aliphatic rings. The van der Waals surface area contributed by atoms with Crippen LogP contribution >= 0.6 is 11.5 Å². The molecule has 0 aromatic carbocycles. The van der Waals surface area contributed by atoms with E-state index in [1.807, 2.05) is 4.90 Å². The molecule has 8 heteroatoms. The second kappa shape index (κ2) is 5.43. The van der Waals surface area contributed by atoms with Gasteiger partial charge < -0.3 is 21.7 Å². The molecule has 2 amide bonds. The van der Waals surface area contributed by atoms with Crippen LogP contribution in [0.3, 0.4) is 0 Å². The summed E-state index contributed by atoms with van der Waals surface area (Å²) < 4.78 is 3.99. The van der Waals surface area contributed by atoms with Gasteiger partial charge in [-0.15, -0.1) is 0 Å². The third-order valence-electron chi connectivity index (χ3n) is 3.14. The van der Waals surface area contributed by atoms with Crippen LogP contribution in [0, 0.1) is 0 Å². The van der Waals surface area contributed by atoms with Crippen molar-refractivity contribution >= 4 is 34.2 Å². The summed E-state index contributed by atoms with van der Waals surface area (Å²) in [4.78, 5) is 24.4. The first-order chi connectivity index (χ1) is 8.99. The number of carbonyl (C=O) groups excluding carboxylic acids is 2. The molecule has 1 fully saturated rings. The minimum atomic E-state index is -0.551. The molecule has 0 bridgehead atoms. The first kappa shape index (κ1) is 13.6. The number of rotatable bonds is 3. The van der Waals surface area contributed by atoms with Crippen LogP contribution in [-0.2, 0) is 4.79 Å². The lowest BCUT2D eigenvalue weighted by atomic mass is 10.0. The maximum atomic E-state index is 11.4. The summed E-state index contributed by atoms with van der Waals surface area (Å²) in [7, 11) is 0. The fraction of sp³-hybridized carbons (Fsp3) is 0.545. The topological polar surface area (TPSA) is 114 Å². The van der Waals surface area contributed by atoms with E-state index in [9.17, 15) is 9.59 Å². The Morgan fingerprint density at radius 3 is 2.58 bits per heavy atom. The summed E-state index contributed by atoms with van der Waals surface area (Å²) in [5.74, 6) is -0.375. The minimum absolute atomic E-state index is 0.0155. The second-order valence-corrected chi connectivity index (χ2v) is 5.33. The molecule has 7 nitrogen and oxygen atoms in total. The molecule has 1 saturated heterocycles. The van der Waals surface area contributed by atoms with Crippen molar-refractivity contribution in [1.82, 2.24) is 9.69 Å². The summed E-state index contributed by atoms with van der Waals surface area (Å²) in [5.41, 5.74) is 11.3. The van der Waals surface area contributed by atoms with E-state index in [4.69, 9.17) is 11.5 Å². The van der Waals surface area contributed by atoms with E-state index in [2.05, 4.69) is 9.69 Å². The van der Waals surface area contributed by atoms with Crippen molar-refractivity contribution in [2.45, 2.75) is 25.8 Å². The molecule has 0 atom stereocenters. The van der Waals surface area contributed by atoms with Crippen molar-refractivity contribution in [3.05, 3.63) is 5.56 Å². The van der Waals surface area contributed by atoms with E-state index < -0.39 is 5.91 Å². The Morgan fingerprint density at radius 2 is 2.05 bits per heavy atom. The van der Waals surface area contributed by atoms with Crippen LogP contribution in [0.15, 0.2) is 0 Å². The third-order valence-corrected chi connectivity index (χ3v) is 4.06. The van der Waals surface area contributed by atoms with Crippen molar-refractivity contribution < 1.29 is 9.59 Å². The van der Waals surface area contributed by atoms with Crippen LogP contribution in [0.5, 0.6) is 0 Å². The molecule has 1 aromatic heterocycles. The normalized spacial score (nSPS) is 16.4. The molecule has 2 heterocycles. The summed E-state index contributed by atoms with van der Waals surface area (Å²) in [6, 6.07) is 0.191. The Kier molecular flexibility index (Phi) is 3.89. The van der Waals surface area contributed by atoms with Gasteiger partial charge in [-0.1, -0.05) is 0 Å². The lowest BCUT2D eigenvalue weighted by Crippen LogP contribution is -2.44. The Hall–Kier alpha value is -1.83. The molecule has 0 saturated carbocycles. The molecule has 1 aliphatic heterocycles. The van der Waals surface area contributed by atoms with Gasteiger partial charge in [0.25, 0.3) is 5.91 Å². The van der Waals surface area contributed by atoms with Gasteiger partial charge in [-0.25, -0.2) is 0 Å². The van der Waals surface area contributed by atoms with Crippen LogP contribution in [0.25, 0.3) is 0 Å². The van der Waals surface area contributed by atoms with Crippen LogP contribution in [0.1, 0.15) is 30.1 Å². The standard InChI is InChI=1S/C11H17N5O2S/c1-6(17)14-7-2-4-16(5-3-7)11-8(10(13)18)9(12)15-19-11/h7H,2-5H2,1H3,(H2,12,15)(H2,13,18)(H,14,17). The average Bonchev–Trinajstić information content (AvgIpc) is 2.71. The Balaban J connectivity index is 2.06. The number of carbonyl (C=O) groups is 2. The van der Waals surface area contributed by atoms with Crippen molar-refractivity contribution in [3.8, 4) is 0 Å². The van der Waals surface area contributed by atoms with E-state index in [0.717, 1.165) is 30.9 Å². The summed E-state index contributed by atoms with van der Waals surface area (Å²) in [6.45, 7) is 3.00. The number of anilines is 2. The molecular weight excluding hydrogens is 266 g/mol. The van der Waals surface area contributed by atoms with Gasteiger partial charge in [0.15, 0.2) is 5.82 Å². The largest absolute Gasteiger partial charge is 0.382 e. The molecule has 19 heavy (non-hydrogen) atoms. The van der Waals surface area contributed by atoms with Gasteiger partial charge in [-0.05, 0) is 24.4 Å². The van der Waals surface area contributed by atoms with Crippen LogP contribution < -0.4 is 21.7 Å². The number of amides is 2. The fourth-order valence-corrected chi connectivity index (χ4v) is 3.13. The molecule has 0 unspecified atom stereocenters. The molecule has 104 valence electrons. The van der Waals surface area contributed by atoms with Gasteiger partial charge in [0, 0.05) is 26.1 Å². The lowest BCUT2D eigenvalue weighted by Gasteiger charge is -2.32. The Morgan fingerprint density at radius 1 is 1.42 bits per heavy atom. The van der Waals surface area contributed by atoms with E-state index in [1.54, 1.807) is 0 Å². The predicted molar refractivity (Wildman–Crippen MR) is 74.1 cm³/mol. The maximum absolute atomic E-state index is 11.4. The Bertz CT molecular complexity index is 493. The number of hydrogen-bond acceptors (Lipinski definition) is 6. The predicted octanol–water partition coefficient (Wildman–Crippen LogP) is -0.0709. The van der Waals surface area contributed by atoms with Crippen molar-refractivity contribution in [2.75, 3.05) is 23.7 Å². The van der Waals surface area contributed by atoms with Gasteiger partial charge in [-0.3, -0.25) is 9.59 Å². The molecular formula is C11H17N5O2S. The molecule has 5 N–H and O–H groups in total. The number of hydrogen-bond donors (Lipinski definition) is 3. The number of aromatic nitrogens is 1. The second-order valence-electron chi connectivity index (χ2n) is 4.57. The van der Waals surface area contributed by atoms with Gasteiger partial charge in [0.2, 0.25) is 5.91 Å². The zero-order valence-corrected chi connectivity index (χ0v) is 11.5. The molecule has 2 rings (SSSR count). The number of nitrogens with one attached hydrogen (secondary N) is 1. The van der Waals surface area contributed by atoms with Gasteiger partial charge in [0.1, 0.15) is 10.6 Å². The molecule has 1 aromatic rings. The van der Waals surface area contributed by atoms with Crippen molar-refractivity contribution in [2.24, 2.45) is 5.73 Å². The maximum Gasteiger partial charge on any atom is 0.255 e. The quantitative estimate of drug-likeness (QED) is 0.718. The first-order valence-corrected chi connectivity index (χ1v) is 6.83. The van der Waals surface area contributed by atoms with Gasteiger partial charge in [-0.2, -0.15) is 4.37 Å². The zero-order chi connectivity index (χ0) is 14.0. The number of nitrogen functional groups attached to an aromatic ring is 1. The highest BCUT2D eigenvalue weighted by Gasteiger charge is 2.26. The van der Waals surface area contributed by atoms with Crippen LogP contribution in [0.2, 0.25) is 0 Å². The highest BCUT2D eigenvalue weighted by atomic mass is 32.1. The zero-order valence-electron chi connectivity index (χ0n) is 10.7. The number of primary amides is 1. The van der Waals surface area contributed by atoms with E-state index >= 15 is 0 Å². The highest BCUT2D eigenvalue weighted by Crippen LogP contribution is 2.32. The summed E-state index contributed by atoms with van der Waals surface area (Å²) >= 11 is 1.19. The van der Waals surface area contributed by atoms with E-state index in [0.29, 0.717) is 5.56 Å². The SMILES string of the molecule is CC(=O)NC1CCN(c2snc(N)c2C(N)=O)CC1. The van der Waals surface area contributed by atoms with Crippen molar-refractivity contribution in [3.63, 3.8) is 0 Å². The lowest BCUT2D eigenvalue weighted by molar-refractivity contribution is -0.119. The number of nitrogens with two attached hydrogens (primary N) is 2. The third kappa shape index (κ3) is 2.95. The highest BCUT2D eigenvalue weighted by molar-refractivity contribution is 7.11.